The minimum atomic E-state index is 0.518. The van der Waals surface area contributed by atoms with Crippen molar-refractivity contribution in [1.82, 2.24) is 9.97 Å². The Hall–Kier alpha value is -0.780. The van der Waals surface area contributed by atoms with Gasteiger partial charge in [0, 0.05) is 28.3 Å². The van der Waals surface area contributed by atoms with E-state index in [1.165, 1.54) is 0 Å². The smallest absolute Gasteiger partial charge is 0.170 e. The number of rotatable bonds is 3. The largest absolute Gasteiger partial charge is 0.339 e. The summed E-state index contributed by atoms with van der Waals surface area (Å²) in [4.78, 5) is 8.35. The molecule has 78 valence electrons. The summed E-state index contributed by atoms with van der Waals surface area (Å²) in [5.74, 6) is 0. The van der Waals surface area contributed by atoms with E-state index >= 15 is 0 Å². The number of halogens is 1. The number of H-pyrrole nitrogens is 1. The number of hydrogen-bond acceptors (Lipinski definition) is 3. The molecule has 1 aromatic heterocycles. The normalized spacial score (nSPS) is 10.5. The third kappa shape index (κ3) is 2.42. The number of nitrogens with two attached hydrogens (primary N) is 1. The van der Waals surface area contributed by atoms with Crippen molar-refractivity contribution in [1.29, 1.82) is 0 Å². The monoisotopic (exact) mass is 283 g/mol. The van der Waals surface area contributed by atoms with Gasteiger partial charge < -0.3 is 10.7 Å². The number of nitrogens with one attached hydrogen (secondary N) is 1. The average Bonchev–Trinajstić information content (AvgIpc) is 2.71. The first-order valence-corrected chi connectivity index (χ1v) is 6.07. The van der Waals surface area contributed by atoms with Gasteiger partial charge in [-0.1, -0.05) is 33.8 Å². The number of aromatic nitrogens is 2. The molecule has 1 heterocycles. The van der Waals surface area contributed by atoms with Crippen LogP contribution in [0, 0.1) is 0 Å². The van der Waals surface area contributed by atoms with Crippen LogP contribution in [0.5, 0.6) is 0 Å². The lowest BCUT2D eigenvalue weighted by Crippen LogP contribution is -1.99. The highest BCUT2D eigenvalue weighted by Gasteiger charge is 2.07. The summed E-state index contributed by atoms with van der Waals surface area (Å²) < 4.78 is 1.04. The van der Waals surface area contributed by atoms with Gasteiger partial charge in [0.25, 0.3) is 0 Å². The molecule has 0 saturated carbocycles. The molecule has 0 aliphatic heterocycles. The van der Waals surface area contributed by atoms with Crippen LogP contribution in [-0.4, -0.2) is 9.97 Å². The SMILES string of the molecule is NCc1c(Br)cccc1Sc1ncc[nH]1. The van der Waals surface area contributed by atoms with Gasteiger partial charge in [-0.2, -0.15) is 0 Å². The van der Waals surface area contributed by atoms with Gasteiger partial charge in [0.05, 0.1) is 0 Å². The van der Waals surface area contributed by atoms with Gasteiger partial charge in [0.15, 0.2) is 5.16 Å². The minimum absolute atomic E-state index is 0.518. The fourth-order valence-corrected chi connectivity index (χ4v) is 2.81. The molecule has 5 heteroatoms. The summed E-state index contributed by atoms with van der Waals surface area (Å²) in [6, 6.07) is 6.03. The molecule has 2 rings (SSSR count). The standard InChI is InChI=1S/C10H10BrN3S/c11-8-2-1-3-9(7(8)6-12)15-10-13-4-5-14-10/h1-5H,6,12H2,(H,13,14). The first kappa shape index (κ1) is 10.7. The number of imidazole rings is 1. The quantitative estimate of drug-likeness (QED) is 0.911. The fourth-order valence-electron chi connectivity index (χ4n) is 1.24. The first-order valence-electron chi connectivity index (χ1n) is 4.46. The number of nitrogens with zero attached hydrogens (tertiary/aromatic N) is 1. The van der Waals surface area contributed by atoms with Crippen LogP contribution in [0.3, 0.4) is 0 Å². The van der Waals surface area contributed by atoms with Crippen LogP contribution in [0.15, 0.2) is 45.1 Å². The van der Waals surface area contributed by atoms with Crippen LogP contribution in [0.4, 0.5) is 0 Å². The van der Waals surface area contributed by atoms with Gasteiger partial charge in [-0.3, -0.25) is 0 Å². The highest BCUT2D eigenvalue weighted by atomic mass is 79.9. The molecular weight excluding hydrogens is 274 g/mol. The topological polar surface area (TPSA) is 54.7 Å². The lowest BCUT2D eigenvalue weighted by molar-refractivity contribution is 1.00. The maximum absolute atomic E-state index is 5.71. The van der Waals surface area contributed by atoms with Crippen molar-refractivity contribution in [2.45, 2.75) is 16.6 Å². The molecule has 0 saturated heterocycles. The highest BCUT2D eigenvalue weighted by molar-refractivity contribution is 9.10. The van der Waals surface area contributed by atoms with Crippen molar-refractivity contribution in [3.63, 3.8) is 0 Å². The summed E-state index contributed by atoms with van der Waals surface area (Å²) in [6.45, 7) is 0.518. The Kier molecular flexibility index (Phi) is 3.45. The zero-order valence-corrected chi connectivity index (χ0v) is 10.3. The maximum atomic E-state index is 5.71. The Labute approximate surface area is 101 Å². The van der Waals surface area contributed by atoms with Gasteiger partial charge in [-0.05, 0) is 17.7 Å². The van der Waals surface area contributed by atoms with E-state index in [2.05, 4.69) is 25.9 Å². The van der Waals surface area contributed by atoms with Crippen LogP contribution >= 0.6 is 27.7 Å². The van der Waals surface area contributed by atoms with Crippen molar-refractivity contribution < 1.29 is 0 Å². The minimum Gasteiger partial charge on any atom is -0.339 e. The molecule has 0 aliphatic rings. The van der Waals surface area contributed by atoms with E-state index in [1.807, 2.05) is 24.4 Å². The number of aromatic amines is 1. The molecule has 0 fully saturated rings. The van der Waals surface area contributed by atoms with Gasteiger partial charge in [0.1, 0.15) is 0 Å². The molecule has 0 atom stereocenters. The Morgan fingerprint density at radius 3 is 3.00 bits per heavy atom. The lowest BCUT2D eigenvalue weighted by atomic mass is 10.2. The second kappa shape index (κ2) is 4.83. The number of hydrogen-bond donors (Lipinski definition) is 2. The second-order valence-corrected chi connectivity index (χ2v) is 4.80. The van der Waals surface area contributed by atoms with Crippen molar-refractivity contribution >= 4 is 27.7 Å². The zero-order valence-electron chi connectivity index (χ0n) is 7.90. The Bertz CT molecular complexity index is 442. The number of benzene rings is 1. The van der Waals surface area contributed by atoms with Gasteiger partial charge in [-0.25, -0.2) is 4.98 Å². The summed E-state index contributed by atoms with van der Waals surface area (Å²) in [5, 5.41) is 0.878. The Morgan fingerprint density at radius 1 is 1.47 bits per heavy atom. The second-order valence-electron chi connectivity index (χ2n) is 2.92. The highest BCUT2D eigenvalue weighted by Crippen LogP contribution is 2.31. The van der Waals surface area contributed by atoms with E-state index in [9.17, 15) is 0 Å². The van der Waals surface area contributed by atoms with E-state index in [4.69, 9.17) is 5.73 Å². The van der Waals surface area contributed by atoms with Crippen molar-refractivity contribution in [2.75, 3.05) is 0 Å². The van der Waals surface area contributed by atoms with Gasteiger partial charge >= 0.3 is 0 Å². The van der Waals surface area contributed by atoms with E-state index in [1.54, 1.807) is 18.0 Å². The van der Waals surface area contributed by atoms with E-state index in [-0.39, 0.29) is 0 Å². The summed E-state index contributed by atoms with van der Waals surface area (Å²) in [7, 11) is 0. The molecule has 0 radical (unpaired) electrons. The third-order valence-electron chi connectivity index (χ3n) is 1.96. The first-order chi connectivity index (χ1) is 7.31. The van der Waals surface area contributed by atoms with Crippen LogP contribution in [-0.2, 0) is 6.54 Å². The lowest BCUT2D eigenvalue weighted by Gasteiger charge is -2.07. The maximum Gasteiger partial charge on any atom is 0.170 e. The Morgan fingerprint density at radius 2 is 2.33 bits per heavy atom. The van der Waals surface area contributed by atoms with Crippen LogP contribution in [0.2, 0.25) is 0 Å². The fraction of sp³-hybridized carbons (Fsp3) is 0.100. The molecule has 0 spiro atoms. The van der Waals surface area contributed by atoms with Gasteiger partial charge in [-0.15, -0.1) is 0 Å². The summed E-state index contributed by atoms with van der Waals surface area (Å²) in [6.07, 6.45) is 3.55. The van der Waals surface area contributed by atoms with E-state index < -0.39 is 0 Å². The molecule has 0 aliphatic carbocycles. The molecule has 1 aromatic carbocycles. The molecule has 15 heavy (non-hydrogen) atoms. The third-order valence-corrected chi connectivity index (χ3v) is 3.72. The van der Waals surface area contributed by atoms with Crippen molar-refractivity contribution in [3.05, 3.63) is 40.6 Å². The molecule has 0 unspecified atom stereocenters. The predicted molar refractivity (Wildman–Crippen MR) is 64.7 cm³/mol. The molecule has 3 N–H and O–H groups in total. The Balaban J connectivity index is 2.32. The molecule has 0 bridgehead atoms. The molecular formula is C10H10BrN3S. The molecule has 2 aromatic rings. The van der Waals surface area contributed by atoms with E-state index in [0.29, 0.717) is 6.54 Å². The zero-order chi connectivity index (χ0) is 10.7. The summed E-state index contributed by atoms with van der Waals surface area (Å²) in [5.41, 5.74) is 6.82. The van der Waals surface area contributed by atoms with Crippen LogP contribution in [0.25, 0.3) is 0 Å². The van der Waals surface area contributed by atoms with E-state index in [0.717, 1.165) is 20.1 Å². The van der Waals surface area contributed by atoms with Crippen LogP contribution in [0.1, 0.15) is 5.56 Å². The molecule has 3 nitrogen and oxygen atoms in total. The average molecular weight is 284 g/mol. The summed E-state index contributed by atoms with van der Waals surface area (Å²) >= 11 is 5.07. The van der Waals surface area contributed by atoms with Crippen molar-refractivity contribution in [2.24, 2.45) is 5.73 Å². The van der Waals surface area contributed by atoms with Crippen molar-refractivity contribution in [3.8, 4) is 0 Å². The predicted octanol–water partition coefficient (Wildman–Crippen LogP) is 2.78. The van der Waals surface area contributed by atoms with Crippen LogP contribution < -0.4 is 5.73 Å². The van der Waals surface area contributed by atoms with Gasteiger partial charge in [0.2, 0.25) is 0 Å². The molecule has 0 amide bonds.